The molecule has 0 saturated carbocycles. The van der Waals surface area contributed by atoms with Crippen molar-refractivity contribution in [3.63, 3.8) is 0 Å². The molecule has 3 aromatic heterocycles. The van der Waals surface area contributed by atoms with Crippen LogP contribution < -0.4 is 0 Å². The van der Waals surface area contributed by atoms with Crippen molar-refractivity contribution in [2.45, 2.75) is 18.8 Å². The van der Waals surface area contributed by atoms with Crippen LogP contribution in [0, 0.1) is 0 Å². The molecule has 0 radical (unpaired) electrons. The van der Waals surface area contributed by atoms with Gasteiger partial charge in [0.1, 0.15) is 5.52 Å². The van der Waals surface area contributed by atoms with Gasteiger partial charge < -0.3 is 9.47 Å². The first-order valence-electron chi connectivity index (χ1n) is 9.61. The molecule has 1 aliphatic heterocycles. The SMILES string of the molecule is Cn1cnc2cc(-c3cnc4ccc(C(=O)N5CCC(F)(F)CC5)cc4n3)cnc21. The van der Waals surface area contributed by atoms with E-state index in [9.17, 15) is 13.6 Å². The maximum atomic E-state index is 13.4. The molecule has 7 nitrogen and oxygen atoms in total. The summed E-state index contributed by atoms with van der Waals surface area (Å²) in [6.07, 6.45) is 4.45. The van der Waals surface area contributed by atoms with Crippen molar-refractivity contribution in [2.75, 3.05) is 13.1 Å². The summed E-state index contributed by atoms with van der Waals surface area (Å²) < 4.78 is 28.6. The monoisotopic (exact) mass is 408 g/mol. The normalized spacial score (nSPS) is 16.3. The molecule has 0 N–H and O–H groups in total. The van der Waals surface area contributed by atoms with Crippen LogP contribution in [0.15, 0.2) is 43.0 Å². The summed E-state index contributed by atoms with van der Waals surface area (Å²) in [6, 6.07) is 6.93. The summed E-state index contributed by atoms with van der Waals surface area (Å²) in [6.45, 7) is 0.0939. The quantitative estimate of drug-likeness (QED) is 0.508. The van der Waals surface area contributed by atoms with Crippen molar-refractivity contribution in [1.82, 2.24) is 29.4 Å². The molecule has 0 aliphatic carbocycles. The van der Waals surface area contributed by atoms with Crippen molar-refractivity contribution in [2.24, 2.45) is 7.05 Å². The number of piperidine rings is 1. The summed E-state index contributed by atoms with van der Waals surface area (Å²) in [5.41, 5.74) is 4.53. The zero-order valence-electron chi connectivity index (χ0n) is 16.2. The van der Waals surface area contributed by atoms with Gasteiger partial charge in [-0.05, 0) is 24.3 Å². The number of carbonyl (C=O) groups is 1. The van der Waals surface area contributed by atoms with Gasteiger partial charge in [-0.15, -0.1) is 0 Å². The van der Waals surface area contributed by atoms with Crippen LogP contribution in [-0.4, -0.2) is 54.3 Å². The Morgan fingerprint density at radius 1 is 1.00 bits per heavy atom. The van der Waals surface area contributed by atoms with E-state index >= 15 is 0 Å². The molecule has 0 unspecified atom stereocenters. The number of aromatic nitrogens is 5. The number of rotatable bonds is 2. The van der Waals surface area contributed by atoms with Gasteiger partial charge in [-0.3, -0.25) is 9.78 Å². The molecule has 0 atom stereocenters. The van der Waals surface area contributed by atoms with Crippen LogP contribution >= 0.6 is 0 Å². The lowest BCUT2D eigenvalue weighted by atomic mass is 10.1. The number of hydrogen-bond donors (Lipinski definition) is 0. The lowest BCUT2D eigenvalue weighted by Crippen LogP contribution is -2.42. The summed E-state index contributed by atoms with van der Waals surface area (Å²) >= 11 is 0. The fourth-order valence-corrected chi connectivity index (χ4v) is 3.66. The molecule has 30 heavy (non-hydrogen) atoms. The van der Waals surface area contributed by atoms with Gasteiger partial charge in [-0.2, -0.15) is 0 Å². The number of carbonyl (C=O) groups excluding carboxylic acids is 1. The van der Waals surface area contributed by atoms with Crippen molar-refractivity contribution in [3.8, 4) is 11.3 Å². The van der Waals surface area contributed by atoms with Gasteiger partial charge in [0.15, 0.2) is 5.65 Å². The second kappa shape index (κ2) is 6.79. The van der Waals surface area contributed by atoms with Crippen molar-refractivity contribution in [3.05, 3.63) is 48.5 Å². The zero-order chi connectivity index (χ0) is 20.9. The lowest BCUT2D eigenvalue weighted by molar-refractivity contribution is -0.0494. The van der Waals surface area contributed by atoms with E-state index in [1.165, 1.54) is 4.90 Å². The molecule has 1 amide bonds. The summed E-state index contributed by atoms with van der Waals surface area (Å²) in [4.78, 5) is 32.1. The molecular weight excluding hydrogens is 390 g/mol. The average molecular weight is 408 g/mol. The van der Waals surface area contributed by atoms with Crippen molar-refractivity contribution < 1.29 is 13.6 Å². The van der Waals surface area contributed by atoms with E-state index < -0.39 is 5.92 Å². The lowest BCUT2D eigenvalue weighted by Gasteiger charge is -2.31. The minimum absolute atomic E-state index is 0.0470. The minimum Gasteiger partial charge on any atom is -0.338 e. The number of fused-ring (bicyclic) bond motifs is 2. The van der Waals surface area contributed by atoms with E-state index in [0.717, 1.165) is 16.7 Å². The molecule has 152 valence electrons. The number of imidazole rings is 1. The minimum atomic E-state index is -2.69. The number of hydrogen-bond acceptors (Lipinski definition) is 5. The largest absolute Gasteiger partial charge is 0.338 e. The molecule has 1 saturated heterocycles. The van der Waals surface area contributed by atoms with E-state index in [0.29, 0.717) is 22.3 Å². The standard InChI is InChI=1S/C21H18F2N6O/c1-28-12-26-17-9-14(10-25-19(17)28)18-11-24-15-3-2-13(8-16(15)27-18)20(30)29-6-4-21(22,23)5-7-29/h2-3,8-12H,4-7H2,1H3. The van der Waals surface area contributed by atoms with Gasteiger partial charge >= 0.3 is 0 Å². The summed E-state index contributed by atoms with van der Waals surface area (Å²) in [7, 11) is 1.87. The molecule has 4 heterocycles. The van der Waals surface area contributed by atoms with Crippen LogP contribution in [-0.2, 0) is 7.05 Å². The number of pyridine rings is 1. The topological polar surface area (TPSA) is 76.8 Å². The van der Waals surface area contributed by atoms with Gasteiger partial charge in [0, 0.05) is 50.3 Å². The van der Waals surface area contributed by atoms with Crippen molar-refractivity contribution >= 4 is 28.1 Å². The fourth-order valence-electron chi connectivity index (χ4n) is 3.66. The number of aryl methyl sites for hydroxylation is 1. The Labute approximate surface area is 170 Å². The van der Waals surface area contributed by atoms with E-state index in [2.05, 4.69) is 19.9 Å². The molecule has 0 bridgehead atoms. The first-order chi connectivity index (χ1) is 14.4. The highest BCUT2D eigenvalue weighted by Gasteiger charge is 2.35. The van der Waals surface area contributed by atoms with Crippen LogP contribution in [0.3, 0.4) is 0 Å². The first-order valence-corrected chi connectivity index (χ1v) is 9.61. The number of alkyl halides is 2. The average Bonchev–Trinajstić information content (AvgIpc) is 3.12. The predicted molar refractivity (Wildman–Crippen MR) is 107 cm³/mol. The third kappa shape index (κ3) is 3.26. The highest BCUT2D eigenvalue weighted by molar-refractivity contribution is 5.97. The molecular formula is C21H18F2N6O. The summed E-state index contributed by atoms with van der Waals surface area (Å²) in [5.74, 6) is -2.96. The number of amides is 1. The number of halogens is 2. The Hall–Kier alpha value is -3.49. The highest BCUT2D eigenvalue weighted by Crippen LogP contribution is 2.29. The van der Waals surface area contributed by atoms with Gasteiger partial charge in [0.25, 0.3) is 11.8 Å². The number of likely N-dealkylation sites (tertiary alicyclic amines) is 1. The highest BCUT2D eigenvalue weighted by atomic mass is 19.3. The number of benzene rings is 1. The second-order valence-electron chi connectivity index (χ2n) is 7.53. The first kappa shape index (κ1) is 18.5. The molecule has 4 aromatic rings. The van der Waals surface area contributed by atoms with Crippen LogP contribution in [0.4, 0.5) is 8.78 Å². The van der Waals surface area contributed by atoms with Gasteiger partial charge in [-0.1, -0.05) is 0 Å². The maximum absolute atomic E-state index is 13.4. The van der Waals surface area contributed by atoms with Gasteiger partial charge in [0.05, 0.1) is 29.3 Å². The fraction of sp³-hybridized carbons (Fsp3) is 0.286. The Morgan fingerprint density at radius 2 is 1.80 bits per heavy atom. The molecule has 9 heteroatoms. The second-order valence-corrected chi connectivity index (χ2v) is 7.53. The zero-order valence-corrected chi connectivity index (χ0v) is 16.2. The smallest absolute Gasteiger partial charge is 0.253 e. The van der Waals surface area contributed by atoms with Crippen molar-refractivity contribution in [1.29, 1.82) is 0 Å². The molecule has 0 spiro atoms. The van der Waals surface area contributed by atoms with E-state index in [1.54, 1.807) is 36.9 Å². The molecule has 1 aliphatic rings. The molecule has 1 fully saturated rings. The van der Waals surface area contributed by atoms with Crippen LogP contribution in [0.2, 0.25) is 0 Å². The summed E-state index contributed by atoms with van der Waals surface area (Å²) in [5, 5.41) is 0. The van der Waals surface area contributed by atoms with Crippen LogP contribution in [0.5, 0.6) is 0 Å². The third-order valence-electron chi connectivity index (χ3n) is 5.42. The van der Waals surface area contributed by atoms with Crippen LogP contribution in [0.25, 0.3) is 33.5 Å². The molecule has 5 rings (SSSR count). The Bertz CT molecular complexity index is 1280. The van der Waals surface area contributed by atoms with Crippen LogP contribution in [0.1, 0.15) is 23.2 Å². The van der Waals surface area contributed by atoms with E-state index in [4.69, 9.17) is 0 Å². The Kier molecular flexibility index (Phi) is 4.19. The number of nitrogens with zero attached hydrogens (tertiary/aromatic N) is 6. The Balaban J connectivity index is 1.47. The van der Waals surface area contributed by atoms with E-state index in [-0.39, 0.29) is 31.8 Å². The Morgan fingerprint density at radius 3 is 2.60 bits per heavy atom. The van der Waals surface area contributed by atoms with Gasteiger partial charge in [0.2, 0.25) is 0 Å². The van der Waals surface area contributed by atoms with E-state index in [1.807, 2.05) is 17.7 Å². The third-order valence-corrected chi connectivity index (χ3v) is 5.42. The van der Waals surface area contributed by atoms with Gasteiger partial charge in [-0.25, -0.2) is 23.7 Å². The predicted octanol–water partition coefficient (Wildman–Crippen LogP) is 3.45. The molecule has 1 aromatic carbocycles. The maximum Gasteiger partial charge on any atom is 0.253 e.